The summed E-state index contributed by atoms with van der Waals surface area (Å²) in [5.74, 6) is 0.824. The van der Waals surface area contributed by atoms with Gasteiger partial charge in [-0.15, -0.1) is 0 Å². The van der Waals surface area contributed by atoms with Gasteiger partial charge in [0.2, 0.25) is 0 Å². The van der Waals surface area contributed by atoms with Gasteiger partial charge in [0, 0.05) is 19.2 Å². The predicted octanol–water partition coefficient (Wildman–Crippen LogP) is 1.88. The second kappa shape index (κ2) is 4.37. The minimum absolute atomic E-state index is 0.564. The number of allylic oxidation sites excluding steroid dienone is 1. The molecule has 0 aromatic heterocycles. The summed E-state index contributed by atoms with van der Waals surface area (Å²) in [5, 5.41) is 3.48. The maximum Gasteiger partial charge on any atom is 0.128 e. The Kier molecular flexibility index (Phi) is 2.87. The van der Waals surface area contributed by atoms with Crippen LogP contribution in [0, 0.1) is 5.41 Å². The van der Waals surface area contributed by atoms with Crippen molar-refractivity contribution in [2.24, 2.45) is 5.41 Å². The second-order valence-corrected chi connectivity index (χ2v) is 5.67. The quantitative estimate of drug-likeness (QED) is 0.749. The molecule has 1 N–H and O–H groups in total. The molecule has 0 unspecified atom stereocenters. The van der Waals surface area contributed by atoms with Crippen LogP contribution in [0.15, 0.2) is 24.1 Å². The first kappa shape index (κ1) is 11.1. The third-order valence-electron chi connectivity index (χ3n) is 4.46. The van der Waals surface area contributed by atoms with Crippen molar-refractivity contribution in [2.75, 3.05) is 32.8 Å². The van der Waals surface area contributed by atoms with Gasteiger partial charge in [-0.05, 0) is 44.2 Å². The first-order chi connectivity index (χ1) is 8.27. The van der Waals surface area contributed by atoms with Gasteiger partial charge < -0.3 is 15.0 Å². The van der Waals surface area contributed by atoms with Gasteiger partial charge in [0.1, 0.15) is 12.4 Å². The molecule has 0 aliphatic carbocycles. The van der Waals surface area contributed by atoms with Crippen LogP contribution in [0.1, 0.15) is 25.7 Å². The highest BCUT2D eigenvalue weighted by Crippen LogP contribution is 2.39. The highest BCUT2D eigenvalue weighted by molar-refractivity contribution is 5.22. The Morgan fingerprint density at radius 2 is 2.12 bits per heavy atom. The summed E-state index contributed by atoms with van der Waals surface area (Å²) in [4.78, 5) is 2.53. The van der Waals surface area contributed by atoms with Crippen LogP contribution < -0.4 is 5.32 Å². The molecular weight excluding hydrogens is 212 g/mol. The van der Waals surface area contributed by atoms with Gasteiger partial charge in [0.25, 0.3) is 0 Å². The van der Waals surface area contributed by atoms with E-state index < -0.39 is 0 Å². The van der Waals surface area contributed by atoms with Crippen molar-refractivity contribution in [3.8, 4) is 0 Å². The van der Waals surface area contributed by atoms with Gasteiger partial charge in [0.05, 0.1) is 5.70 Å². The SMILES string of the molecule is C=C1C=C(N2CCCC3(CCNCC3)C2)CO1. The summed E-state index contributed by atoms with van der Waals surface area (Å²) in [5.41, 5.74) is 1.90. The van der Waals surface area contributed by atoms with Crippen molar-refractivity contribution in [2.45, 2.75) is 25.7 Å². The summed E-state index contributed by atoms with van der Waals surface area (Å²) in [6.45, 7) is 9.39. The zero-order valence-corrected chi connectivity index (χ0v) is 10.5. The summed E-state index contributed by atoms with van der Waals surface area (Å²) < 4.78 is 5.45. The lowest BCUT2D eigenvalue weighted by Gasteiger charge is -2.46. The number of rotatable bonds is 1. The van der Waals surface area contributed by atoms with Crippen molar-refractivity contribution in [3.05, 3.63) is 24.1 Å². The Labute approximate surface area is 104 Å². The fourth-order valence-corrected chi connectivity index (χ4v) is 3.44. The molecule has 0 bridgehead atoms. The highest BCUT2D eigenvalue weighted by Gasteiger charge is 2.37. The van der Waals surface area contributed by atoms with E-state index in [4.69, 9.17) is 4.74 Å². The molecule has 94 valence electrons. The molecule has 3 aliphatic rings. The molecule has 0 atom stereocenters. The molecular formula is C14H22N2O. The Morgan fingerprint density at radius 1 is 1.29 bits per heavy atom. The number of likely N-dealkylation sites (tertiary alicyclic amines) is 1. The number of nitrogens with zero attached hydrogens (tertiary/aromatic N) is 1. The second-order valence-electron chi connectivity index (χ2n) is 5.67. The summed E-state index contributed by atoms with van der Waals surface area (Å²) in [6.07, 6.45) is 7.50. The molecule has 0 saturated carbocycles. The number of piperidine rings is 2. The largest absolute Gasteiger partial charge is 0.488 e. The third kappa shape index (κ3) is 2.21. The molecule has 3 heterocycles. The van der Waals surface area contributed by atoms with E-state index in [0.717, 1.165) is 12.4 Å². The van der Waals surface area contributed by atoms with Crippen LogP contribution in [0.25, 0.3) is 0 Å². The van der Waals surface area contributed by atoms with E-state index in [1.165, 1.54) is 57.6 Å². The van der Waals surface area contributed by atoms with Crippen LogP contribution in [-0.2, 0) is 4.74 Å². The Bertz CT molecular complexity index is 337. The Hall–Kier alpha value is -0.960. The van der Waals surface area contributed by atoms with Crippen LogP contribution in [0.4, 0.5) is 0 Å². The fraction of sp³-hybridized carbons (Fsp3) is 0.714. The van der Waals surface area contributed by atoms with Crippen molar-refractivity contribution in [3.63, 3.8) is 0 Å². The average molecular weight is 234 g/mol. The van der Waals surface area contributed by atoms with Gasteiger partial charge >= 0.3 is 0 Å². The molecule has 0 amide bonds. The van der Waals surface area contributed by atoms with Crippen LogP contribution in [-0.4, -0.2) is 37.7 Å². The van der Waals surface area contributed by atoms with Crippen molar-refractivity contribution in [1.82, 2.24) is 10.2 Å². The van der Waals surface area contributed by atoms with E-state index in [9.17, 15) is 0 Å². The average Bonchev–Trinajstić information content (AvgIpc) is 2.77. The van der Waals surface area contributed by atoms with E-state index >= 15 is 0 Å². The monoisotopic (exact) mass is 234 g/mol. The minimum Gasteiger partial charge on any atom is -0.488 e. The number of ether oxygens (including phenoxy) is 1. The van der Waals surface area contributed by atoms with Crippen LogP contribution in [0.5, 0.6) is 0 Å². The van der Waals surface area contributed by atoms with Crippen LogP contribution in [0.3, 0.4) is 0 Å². The predicted molar refractivity (Wildman–Crippen MR) is 68.5 cm³/mol. The lowest BCUT2D eigenvalue weighted by molar-refractivity contribution is 0.0737. The molecule has 2 saturated heterocycles. The molecule has 0 radical (unpaired) electrons. The van der Waals surface area contributed by atoms with E-state index in [1.807, 2.05) is 0 Å². The van der Waals surface area contributed by atoms with Gasteiger partial charge in [-0.25, -0.2) is 0 Å². The van der Waals surface area contributed by atoms with Crippen LogP contribution >= 0.6 is 0 Å². The molecule has 1 spiro atoms. The molecule has 3 nitrogen and oxygen atoms in total. The standard InChI is InChI=1S/C14H22N2O/c1-12-9-13(10-17-12)16-8-2-3-14(11-16)4-6-15-7-5-14/h9,15H,1-8,10-11H2. The zero-order chi connectivity index (χ0) is 11.7. The maximum absolute atomic E-state index is 5.45. The van der Waals surface area contributed by atoms with Gasteiger partial charge in [0.15, 0.2) is 0 Å². The van der Waals surface area contributed by atoms with Gasteiger partial charge in [-0.1, -0.05) is 6.58 Å². The fourth-order valence-electron chi connectivity index (χ4n) is 3.44. The molecule has 3 heteroatoms. The Balaban J connectivity index is 1.71. The van der Waals surface area contributed by atoms with E-state index in [2.05, 4.69) is 22.9 Å². The van der Waals surface area contributed by atoms with Crippen LogP contribution in [0.2, 0.25) is 0 Å². The zero-order valence-electron chi connectivity index (χ0n) is 10.5. The van der Waals surface area contributed by atoms with Crippen molar-refractivity contribution >= 4 is 0 Å². The van der Waals surface area contributed by atoms with E-state index in [-0.39, 0.29) is 0 Å². The van der Waals surface area contributed by atoms with Crippen molar-refractivity contribution < 1.29 is 4.74 Å². The highest BCUT2D eigenvalue weighted by atomic mass is 16.5. The number of hydrogen-bond acceptors (Lipinski definition) is 3. The molecule has 0 aromatic carbocycles. The smallest absolute Gasteiger partial charge is 0.128 e. The topological polar surface area (TPSA) is 24.5 Å². The maximum atomic E-state index is 5.45. The summed E-state index contributed by atoms with van der Waals surface area (Å²) in [6, 6.07) is 0. The minimum atomic E-state index is 0.564. The molecule has 17 heavy (non-hydrogen) atoms. The summed E-state index contributed by atoms with van der Waals surface area (Å²) >= 11 is 0. The summed E-state index contributed by atoms with van der Waals surface area (Å²) in [7, 11) is 0. The number of nitrogens with one attached hydrogen (secondary N) is 1. The lowest BCUT2D eigenvalue weighted by atomic mass is 9.73. The molecule has 3 aliphatic heterocycles. The normalized spacial score (nSPS) is 28.1. The lowest BCUT2D eigenvalue weighted by Crippen LogP contribution is -2.48. The molecule has 0 aromatic rings. The van der Waals surface area contributed by atoms with Gasteiger partial charge in [-0.2, -0.15) is 0 Å². The van der Waals surface area contributed by atoms with Gasteiger partial charge in [-0.3, -0.25) is 0 Å². The Morgan fingerprint density at radius 3 is 2.82 bits per heavy atom. The molecule has 3 rings (SSSR count). The first-order valence-corrected chi connectivity index (χ1v) is 6.75. The van der Waals surface area contributed by atoms with E-state index in [0.29, 0.717) is 5.41 Å². The van der Waals surface area contributed by atoms with Crippen molar-refractivity contribution in [1.29, 1.82) is 0 Å². The van der Waals surface area contributed by atoms with E-state index in [1.54, 1.807) is 0 Å². The first-order valence-electron chi connectivity index (χ1n) is 6.75. The number of hydrogen-bond donors (Lipinski definition) is 1. The molecule has 2 fully saturated rings. The third-order valence-corrected chi connectivity index (χ3v) is 4.46.